The van der Waals surface area contributed by atoms with Crippen LogP contribution in [0.3, 0.4) is 0 Å². The number of hydrogen-bond donors (Lipinski definition) is 0. The van der Waals surface area contributed by atoms with Crippen molar-refractivity contribution in [1.29, 1.82) is 0 Å². The third-order valence-corrected chi connectivity index (χ3v) is 2.51. The van der Waals surface area contributed by atoms with Crippen molar-refractivity contribution >= 4 is 18.0 Å². The molecule has 0 aliphatic heterocycles. The number of rotatable bonds is 9. The number of esters is 2. The molecule has 0 heterocycles. The van der Waals surface area contributed by atoms with Crippen molar-refractivity contribution < 1.29 is 33.3 Å². The topological polar surface area (TPSA) is 91.4 Å². The fourth-order valence-corrected chi connectivity index (χ4v) is 1.34. The van der Waals surface area contributed by atoms with Crippen LogP contribution in [-0.4, -0.2) is 70.1 Å². The molecule has 8 nitrogen and oxygen atoms in total. The number of nitrogens with zero attached hydrogens (tertiary/aromatic N) is 1. The summed E-state index contributed by atoms with van der Waals surface area (Å²) in [7, 11) is 2.99. The van der Waals surface area contributed by atoms with Gasteiger partial charge >= 0.3 is 18.0 Å². The fourth-order valence-electron chi connectivity index (χ4n) is 1.34. The minimum Gasteiger partial charge on any atom is -0.463 e. The number of amides is 1. The monoisotopic (exact) mass is 317 g/mol. The van der Waals surface area contributed by atoms with Crippen LogP contribution in [0.1, 0.15) is 13.8 Å². The van der Waals surface area contributed by atoms with Crippen molar-refractivity contribution in [2.45, 2.75) is 13.8 Å². The summed E-state index contributed by atoms with van der Waals surface area (Å²) in [5.74, 6) is -1.57. The van der Waals surface area contributed by atoms with Crippen LogP contribution in [0.15, 0.2) is 11.6 Å². The van der Waals surface area contributed by atoms with Crippen molar-refractivity contribution in [1.82, 2.24) is 4.90 Å². The lowest BCUT2D eigenvalue weighted by Gasteiger charge is -2.20. The molecular weight excluding hydrogens is 294 g/mol. The molecule has 0 saturated heterocycles. The molecule has 0 aromatic carbocycles. The molecule has 0 aliphatic rings. The minimum absolute atomic E-state index is 0.0229. The zero-order valence-electron chi connectivity index (χ0n) is 13.4. The molecule has 126 valence electrons. The quantitative estimate of drug-likeness (QED) is 0.352. The van der Waals surface area contributed by atoms with Gasteiger partial charge in [0.2, 0.25) is 0 Å². The molecule has 1 amide bonds. The first kappa shape index (κ1) is 20.1. The Kier molecular flexibility index (Phi) is 10.7. The van der Waals surface area contributed by atoms with Gasteiger partial charge in [-0.3, -0.25) is 0 Å². The highest BCUT2D eigenvalue weighted by Crippen LogP contribution is 2.02. The van der Waals surface area contributed by atoms with Gasteiger partial charge < -0.3 is 23.8 Å². The molecule has 0 aliphatic carbocycles. The van der Waals surface area contributed by atoms with Crippen LogP contribution < -0.4 is 0 Å². The molecule has 8 heteroatoms. The van der Waals surface area contributed by atoms with Crippen LogP contribution in [0.4, 0.5) is 4.79 Å². The summed E-state index contributed by atoms with van der Waals surface area (Å²) < 4.78 is 19.2. The van der Waals surface area contributed by atoms with Gasteiger partial charge in [0.05, 0.1) is 19.8 Å². The molecule has 0 aromatic heterocycles. The zero-order chi connectivity index (χ0) is 17.0. The lowest BCUT2D eigenvalue weighted by atomic mass is 10.3. The van der Waals surface area contributed by atoms with Crippen molar-refractivity contribution in [2.24, 2.45) is 0 Å². The van der Waals surface area contributed by atoms with Crippen LogP contribution in [0.5, 0.6) is 0 Å². The second-order valence-electron chi connectivity index (χ2n) is 4.21. The highest BCUT2D eigenvalue weighted by atomic mass is 16.6. The average Bonchev–Trinajstić information content (AvgIpc) is 2.47. The first-order valence-corrected chi connectivity index (χ1v) is 6.80. The maximum atomic E-state index is 11.9. The Morgan fingerprint density at radius 2 is 1.59 bits per heavy atom. The molecule has 0 unspecified atom stereocenters. The summed E-state index contributed by atoms with van der Waals surface area (Å²) in [6.45, 7) is 4.31. The lowest BCUT2D eigenvalue weighted by molar-refractivity contribution is -0.139. The normalized spacial score (nSPS) is 11.0. The van der Waals surface area contributed by atoms with Gasteiger partial charge in [-0.2, -0.15) is 0 Å². The van der Waals surface area contributed by atoms with E-state index in [1.54, 1.807) is 6.92 Å². The van der Waals surface area contributed by atoms with Crippen LogP contribution >= 0.6 is 0 Å². The molecule has 0 bridgehead atoms. The molecule has 0 aromatic rings. The van der Waals surface area contributed by atoms with E-state index in [4.69, 9.17) is 14.2 Å². The third-order valence-electron chi connectivity index (χ3n) is 2.51. The second kappa shape index (κ2) is 11.7. The van der Waals surface area contributed by atoms with Gasteiger partial charge in [0.1, 0.15) is 0 Å². The smallest absolute Gasteiger partial charge is 0.417 e. The summed E-state index contributed by atoms with van der Waals surface area (Å²) in [6.07, 6.45) is 0.157. The maximum absolute atomic E-state index is 11.9. The number of hydrogen-bond acceptors (Lipinski definition) is 7. The van der Waals surface area contributed by atoms with Gasteiger partial charge in [-0.05, 0) is 13.8 Å². The number of carbonyl (C=O) groups is 3. The van der Waals surface area contributed by atoms with E-state index in [-0.39, 0.29) is 25.3 Å². The van der Waals surface area contributed by atoms with Crippen LogP contribution in [-0.2, 0) is 28.5 Å². The SMILES string of the molecule is CCOC(=O)/C=C(\C)C(=O)OC(=O)N(CCOC)CCOC. The summed E-state index contributed by atoms with van der Waals surface area (Å²) in [4.78, 5) is 36.2. The summed E-state index contributed by atoms with van der Waals surface area (Å²) in [6, 6.07) is 0. The Hall–Kier alpha value is -1.93. The Morgan fingerprint density at radius 1 is 1.05 bits per heavy atom. The zero-order valence-corrected chi connectivity index (χ0v) is 13.4. The van der Waals surface area contributed by atoms with Gasteiger partial charge in [0.25, 0.3) is 0 Å². The standard InChI is InChI=1S/C14H23NO7/c1-5-21-12(16)10-11(2)13(17)22-14(18)15(6-8-19-3)7-9-20-4/h10H,5-9H2,1-4H3/b11-10+. The molecule has 0 spiro atoms. The van der Waals surface area contributed by atoms with E-state index in [2.05, 4.69) is 4.74 Å². The van der Waals surface area contributed by atoms with Gasteiger partial charge in [-0.1, -0.05) is 0 Å². The van der Waals surface area contributed by atoms with E-state index < -0.39 is 18.0 Å². The summed E-state index contributed by atoms with van der Waals surface area (Å²) in [5.41, 5.74) is -0.0229. The Labute approximate surface area is 129 Å². The van der Waals surface area contributed by atoms with Crippen LogP contribution in [0.25, 0.3) is 0 Å². The van der Waals surface area contributed by atoms with Gasteiger partial charge in [-0.25, -0.2) is 14.4 Å². The number of methoxy groups -OCH3 is 2. The molecule has 22 heavy (non-hydrogen) atoms. The predicted molar refractivity (Wildman–Crippen MR) is 77.2 cm³/mol. The van der Waals surface area contributed by atoms with Gasteiger partial charge in [0, 0.05) is 39.0 Å². The highest BCUT2D eigenvalue weighted by Gasteiger charge is 2.20. The Balaban J connectivity index is 4.61. The van der Waals surface area contributed by atoms with Crippen molar-refractivity contribution in [3.05, 3.63) is 11.6 Å². The third kappa shape index (κ3) is 8.38. The van der Waals surface area contributed by atoms with E-state index in [1.165, 1.54) is 26.0 Å². The summed E-state index contributed by atoms with van der Waals surface area (Å²) in [5, 5.41) is 0. The van der Waals surface area contributed by atoms with Crippen LogP contribution in [0, 0.1) is 0 Å². The Bertz CT molecular complexity index is 398. The van der Waals surface area contributed by atoms with E-state index >= 15 is 0 Å². The predicted octanol–water partition coefficient (Wildman–Crippen LogP) is 0.754. The summed E-state index contributed by atoms with van der Waals surface area (Å²) >= 11 is 0. The number of carbonyl (C=O) groups excluding carboxylic acids is 3. The van der Waals surface area contributed by atoms with Crippen molar-refractivity contribution in [2.75, 3.05) is 47.1 Å². The van der Waals surface area contributed by atoms with E-state index in [0.29, 0.717) is 13.2 Å². The molecule has 0 rings (SSSR count). The van der Waals surface area contributed by atoms with E-state index in [1.807, 2.05) is 0 Å². The lowest BCUT2D eigenvalue weighted by Crippen LogP contribution is -2.38. The first-order valence-electron chi connectivity index (χ1n) is 6.80. The number of ether oxygens (including phenoxy) is 4. The van der Waals surface area contributed by atoms with Crippen molar-refractivity contribution in [3.63, 3.8) is 0 Å². The molecule has 0 atom stereocenters. The van der Waals surface area contributed by atoms with E-state index in [9.17, 15) is 14.4 Å². The molecule has 0 radical (unpaired) electrons. The molecular formula is C14H23NO7. The van der Waals surface area contributed by atoms with Crippen LogP contribution in [0.2, 0.25) is 0 Å². The molecule has 0 N–H and O–H groups in total. The fraction of sp³-hybridized carbons (Fsp3) is 0.643. The highest BCUT2D eigenvalue weighted by molar-refractivity contribution is 5.99. The van der Waals surface area contributed by atoms with E-state index in [0.717, 1.165) is 6.08 Å². The average molecular weight is 317 g/mol. The first-order chi connectivity index (χ1) is 10.5. The Morgan fingerprint density at radius 3 is 2.05 bits per heavy atom. The largest absolute Gasteiger partial charge is 0.463 e. The minimum atomic E-state index is -0.905. The molecule has 0 fully saturated rings. The second-order valence-corrected chi connectivity index (χ2v) is 4.21. The van der Waals surface area contributed by atoms with Gasteiger partial charge in [-0.15, -0.1) is 0 Å². The molecule has 0 saturated carbocycles. The maximum Gasteiger partial charge on any atom is 0.417 e. The van der Waals surface area contributed by atoms with Gasteiger partial charge in [0.15, 0.2) is 0 Å². The van der Waals surface area contributed by atoms with Crippen molar-refractivity contribution in [3.8, 4) is 0 Å².